The SMILES string of the molecule is CNC(CCCc1ccccc1)Cc1ccn(C(C)C)n1. The predicted octanol–water partition coefficient (Wildman–Crippen LogP) is 3.62. The molecule has 2 rings (SSSR count). The molecule has 114 valence electrons. The fourth-order valence-corrected chi connectivity index (χ4v) is 2.57. The third-order valence-corrected chi connectivity index (χ3v) is 3.92. The average molecular weight is 285 g/mol. The highest BCUT2D eigenvalue weighted by Gasteiger charge is 2.10. The smallest absolute Gasteiger partial charge is 0.0640 e. The molecule has 0 fully saturated rings. The van der Waals surface area contributed by atoms with E-state index in [2.05, 4.69) is 66.9 Å². The van der Waals surface area contributed by atoms with E-state index in [1.807, 2.05) is 11.7 Å². The Morgan fingerprint density at radius 1 is 1.14 bits per heavy atom. The molecule has 2 aromatic rings. The minimum Gasteiger partial charge on any atom is -0.317 e. The van der Waals surface area contributed by atoms with E-state index in [4.69, 9.17) is 0 Å². The van der Waals surface area contributed by atoms with E-state index < -0.39 is 0 Å². The molecule has 0 radical (unpaired) electrons. The Bertz CT molecular complexity index is 516. The Balaban J connectivity index is 1.79. The van der Waals surface area contributed by atoms with E-state index in [-0.39, 0.29) is 0 Å². The van der Waals surface area contributed by atoms with Gasteiger partial charge in [0.2, 0.25) is 0 Å². The quantitative estimate of drug-likeness (QED) is 0.803. The van der Waals surface area contributed by atoms with Gasteiger partial charge in [-0.25, -0.2) is 0 Å². The van der Waals surface area contributed by atoms with Gasteiger partial charge in [0.15, 0.2) is 0 Å². The van der Waals surface area contributed by atoms with Crippen molar-refractivity contribution in [3.63, 3.8) is 0 Å². The van der Waals surface area contributed by atoms with E-state index in [9.17, 15) is 0 Å². The van der Waals surface area contributed by atoms with Crippen molar-refractivity contribution >= 4 is 0 Å². The van der Waals surface area contributed by atoms with Crippen molar-refractivity contribution < 1.29 is 0 Å². The zero-order valence-corrected chi connectivity index (χ0v) is 13.4. The maximum atomic E-state index is 4.64. The summed E-state index contributed by atoms with van der Waals surface area (Å²) in [6.45, 7) is 4.32. The standard InChI is InChI=1S/C18H27N3/c1-15(2)21-13-12-18(20-21)14-17(19-3)11-7-10-16-8-5-4-6-9-16/h4-6,8-9,12-13,15,17,19H,7,10-11,14H2,1-3H3. The zero-order chi connectivity index (χ0) is 15.1. The van der Waals surface area contributed by atoms with Gasteiger partial charge in [0, 0.05) is 24.7 Å². The maximum Gasteiger partial charge on any atom is 0.0640 e. The highest BCUT2D eigenvalue weighted by molar-refractivity contribution is 5.14. The first-order valence-corrected chi connectivity index (χ1v) is 7.94. The van der Waals surface area contributed by atoms with Crippen molar-refractivity contribution in [2.45, 2.75) is 51.6 Å². The van der Waals surface area contributed by atoms with Crippen LogP contribution in [0.2, 0.25) is 0 Å². The Labute approximate surface area is 128 Å². The van der Waals surface area contributed by atoms with Gasteiger partial charge < -0.3 is 5.32 Å². The molecule has 3 nitrogen and oxygen atoms in total. The summed E-state index contributed by atoms with van der Waals surface area (Å²) in [6.07, 6.45) is 6.63. The van der Waals surface area contributed by atoms with Gasteiger partial charge in [-0.1, -0.05) is 30.3 Å². The molecule has 0 amide bonds. The summed E-state index contributed by atoms with van der Waals surface area (Å²) < 4.78 is 2.03. The summed E-state index contributed by atoms with van der Waals surface area (Å²) in [7, 11) is 2.05. The Kier molecular flexibility index (Phi) is 6.00. The number of likely N-dealkylation sites (N-methyl/N-ethyl adjacent to an activating group) is 1. The molecule has 1 unspecified atom stereocenters. The second-order valence-corrected chi connectivity index (χ2v) is 5.95. The van der Waals surface area contributed by atoms with E-state index in [1.54, 1.807) is 0 Å². The van der Waals surface area contributed by atoms with Crippen LogP contribution in [-0.4, -0.2) is 22.9 Å². The van der Waals surface area contributed by atoms with Gasteiger partial charge in [-0.3, -0.25) is 4.68 Å². The Morgan fingerprint density at radius 2 is 1.90 bits per heavy atom. The molecule has 0 saturated carbocycles. The molecule has 1 aromatic carbocycles. The van der Waals surface area contributed by atoms with Gasteiger partial charge >= 0.3 is 0 Å². The van der Waals surface area contributed by atoms with Crippen LogP contribution in [0.3, 0.4) is 0 Å². The molecule has 0 bridgehead atoms. The molecule has 0 saturated heterocycles. The lowest BCUT2D eigenvalue weighted by Gasteiger charge is -2.15. The number of benzene rings is 1. The molecular weight excluding hydrogens is 258 g/mol. The summed E-state index contributed by atoms with van der Waals surface area (Å²) in [5.74, 6) is 0. The van der Waals surface area contributed by atoms with Crippen LogP contribution in [0.25, 0.3) is 0 Å². The monoisotopic (exact) mass is 285 g/mol. The third kappa shape index (κ3) is 5.01. The van der Waals surface area contributed by atoms with Crippen LogP contribution in [0.5, 0.6) is 0 Å². The molecule has 1 N–H and O–H groups in total. The van der Waals surface area contributed by atoms with Crippen LogP contribution >= 0.6 is 0 Å². The molecule has 0 aliphatic heterocycles. The fourth-order valence-electron chi connectivity index (χ4n) is 2.57. The van der Waals surface area contributed by atoms with Crippen molar-refractivity contribution in [2.24, 2.45) is 0 Å². The second-order valence-electron chi connectivity index (χ2n) is 5.95. The van der Waals surface area contributed by atoms with Crippen molar-refractivity contribution in [1.29, 1.82) is 0 Å². The minimum absolute atomic E-state index is 0.435. The van der Waals surface area contributed by atoms with Gasteiger partial charge in [0.1, 0.15) is 0 Å². The van der Waals surface area contributed by atoms with Gasteiger partial charge in [0.25, 0.3) is 0 Å². The first-order chi connectivity index (χ1) is 10.2. The molecule has 0 aliphatic carbocycles. The van der Waals surface area contributed by atoms with Crippen molar-refractivity contribution in [3.8, 4) is 0 Å². The third-order valence-electron chi connectivity index (χ3n) is 3.92. The molecule has 1 atom stereocenters. The van der Waals surface area contributed by atoms with E-state index in [1.165, 1.54) is 24.1 Å². The lowest BCUT2D eigenvalue weighted by atomic mass is 10.0. The molecule has 0 aliphatic rings. The first kappa shape index (κ1) is 15.8. The van der Waals surface area contributed by atoms with E-state index in [0.717, 1.165) is 12.8 Å². The number of aromatic nitrogens is 2. The molecule has 0 spiro atoms. The topological polar surface area (TPSA) is 29.9 Å². The fraction of sp³-hybridized carbons (Fsp3) is 0.500. The molecular formula is C18H27N3. The zero-order valence-electron chi connectivity index (χ0n) is 13.4. The van der Waals surface area contributed by atoms with E-state index >= 15 is 0 Å². The Morgan fingerprint density at radius 3 is 2.52 bits per heavy atom. The normalized spacial score (nSPS) is 12.8. The molecule has 21 heavy (non-hydrogen) atoms. The van der Waals surface area contributed by atoms with Crippen LogP contribution in [0.1, 0.15) is 44.0 Å². The van der Waals surface area contributed by atoms with Gasteiger partial charge in [0.05, 0.1) is 5.69 Å². The molecule has 1 aromatic heterocycles. The molecule has 1 heterocycles. The van der Waals surface area contributed by atoms with Crippen molar-refractivity contribution in [1.82, 2.24) is 15.1 Å². The highest BCUT2D eigenvalue weighted by atomic mass is 15.3. The first-order valence-electron chi connectivity index (χ1n) is 7.94. The maximum absolute atomic E-state index is 4.64. The summed E-state index contributed by atoms with van der Waals surface area (Å²) in [4.78, 5) is 0. The summed E-state index contributed by atoms with van der Waals surface area (Å²) in [5, 5.41) is 8.07. The number of aryl methyl sites for hydroxylation is 1. The van der Waals surface area contributed by atoms with Crippen LogP contribution in [0.15, 0.2) is 42.6 Å². The minimum atomic E-state index is 0.435. The summed E-state index contributed by atoms with van der Waals surface area (Å²) in [5.41, 5.74) is 2.61. The van der Waals surface area contributed by atoms with Crippen molar-refractivity contribution in [3.05, 3.63) is 53.9 Å². The predicted molar refractivity (Wildman–Crippen MR) is 88.5 cm³/mol. The summed E-state index contributed by atoms with van der Waals surface area (Å²) >= 11 is 0. The van der Waals surface area contributed by atoms with E-state index in [0.29, 0.717) is 12.1 Å². The lowest BCUT2D eigenvalue weighted by Crippen LogP contribution is -2.28. The van der Waals surface area contributed by atoms with Crippen LogP contribution < -0.4 is 5.32 Å². The Hall–Kier alpha value is -1.61. The second kappa shape index (κ2) is 7.99. The number of hydrogen-bond donors (Lipinski definition) is 1. The van der Waals surface area contributed by atoms with Gasteiger partial charge in [-0.15, -0.1) is 0 Å². The van der Waals surface area contributed by atoms with Crippen LogP contribution in [-0.2, 0) is 12.8 Å². The number of nitrogens with one attached hydrogen (secondary N) is 1. The highest BCUT2D eigenvalue weighted by Crippen LogP contribution is 2.11. The van der Waals surface area contributed by atoms with Gasteiger partial charge in [-0.05, 0) is 51.8 Å². The number of hydrogen-bond acceptors (Lipinski definition) is 2. The van der Waals surface area contributed by atoms with Gasteiger partial charge in [-0.2, -0.15) is 5.10 Å². The average Bonchev–Trinajstić information content (AvgIpc) is 2.96. The van der Waals surface area contributed by atoms with Crippen molar-refractivity contribution in [2.75, 3.05) is 7.05 Å². The number of rotatable bonds is 8. The lowest BCUT2D eigenvalue weighted by molar-refractivity contribution is 0.483. The summed E-state index contributed by atoms with van der Waals surface area (Å²) in [6, 6.07) is 13.8. The van der Waals surface area contributed by atoms with Crippen LogP contribution in [0, 0.1) is 0 Å². The molecule has 3 heteroatoms. The largest absolute Gasteiger partial charge is 0.317 e. The number of nitrogens with zero attached hydrogens (tertiary/aromatic N) is 2. The van der Waals surface area contributed by atoms with Crippen LogP contribution in [0.4, 0.5) is 0 Å².